The lowest BCUT2D eigenvalue weighted by molar-refractivity contribution is -0.122. The predicted molar refractivity (Wildman–Crippen MR) is 90.4 cm³/mol. The number of halogens is 2. The highest BCUT2D eigenvalue weighted by atomic mass is 35.5. The van der Waals surface area contributed by atoms with Crippen LogP contribution < -0.4 is 4.90 Å². The predicted octanol–water partition coefficient (Wildman–Crippen LogP) is 4.25. The Morgan fingerprint density at radius 1 is 0.957 bits per heavy atom. The van der Waals surface area contributed by atoms with E-state index in [4.69, 9.17) is 23.2 Å². The van der Waals surface area contributed by atoms with E-state index < -0.39 is 0 Å². The molecule has 1 aromatic rings. The summed E-state index contributed by atoms with van der Waals surface area (Å²) in [6.07, 6.45) is 4.16. The molecule has 3 nitrogen and oxygen atoms in total. The van der Waals surface area contributed by atoms with Crippen molar-refractivity contribution in [2.75, 3.05) is 4.90 Å². The Morgan fingerprint density at radius 2 is 1.52 bits per heavy atom. The average molecular weight is 348 g/mol. The van der Waals surface area contributed by atoms with Crippen molar-refractivity contribution >= 4 is 40.7 Å². The quantitative estimate of drug-likeness (QED) is 0.562. The van der Waals surface area contributed by atoms with Crippen LogP contribution >= 0.6 is 23.2 Å². The molecular formula is C18H15Cl2NO2. The summed E-state index contributed by atoms with van der Waals surface area (Å²) >= 11 is 12.0. The van der Waals surface area contributed by atoms with Gasteiger partial charge in [0, 0.05) is 11.8 Å². The van der Waals surface area contributed by atoms with Crippen molar-refractivity contribution in [2.45, 2.75) is 13.8 Å². The first-order valence-electron chi connectivity index (χ1n) is 7.60. The molecule has 1 heterocycles. The largest absolute Gasteiger partial charge is 0.274 e. The number of carbonyl (C=O) groups excluding carboxylic acids is 2. The van der Waals surface area contributed by atoms with Crippen molar-refractivity contribution in [2.24, 2.45) is 23.7 Å². The minimum atomic E-state index is -0.281. The SMILES string of the molecule is CC(C)=C1[C@H]2C=C[C@H]1[C@H]1C(=O)N(c3ccc(Cl)c(Cl)c3)C(=O)[C@@H]12. The van der Waals surface area contributed by atoms with Crippen molar-refractivity contribution in [1.29, 1.82) is 0 Å². The first-order valence-corrected chi connectivity index (χ1v) is 8.36. The highest BCUT2D eigenvalue weighted by molar-refractivity contribution is 6.42. The van der Waals surface area contributed by atoms with E-state index in [1.807, 2.05) is 0 Å². The van der Waals surface area contributed by atoms with Crippen LogP contribution in [-0.4, -0.2) is 11.8 Å². The van der Waals surface area contributed by atoms with Crippen LogP contribution in [0.2, 0.25) is 10.0 Å². The fraction of sp³-hybridized carbons (Fsp3) is 0.333. The van der Waals surface area contributed by atoms with Gasteiger partial charge in [0.25, 0.3) is 0 Å². The van der Waals surface area contributed by atoms with Gasteiger partial charge in [-0.25, -0.2) is 4.90 Å². The van der Waals surface area contributed by atoms with Crippen molar-refractivity contribution in [3.8, 4) is 0 Å². The number of hydrogen-bond acceptors (Lipinski definition) is 2. The lowest BCUT2D eigenvalue weighted by Crippen LogP contribution is -2.33. The summed E-state index contributed by atoms with van der Waals surface area (Å²) in [6, 6.07) is 4.86. The molecule has 1 saturated carbocycles. The zero-order valence-corrected chi connectivity index (χ0v) is 14.2. The Balaban J connectivity index is 1.77. The molecule has 0 spiro atoms. The van der Waals surface area contributed by atoms with E-state index in [0.717, 1.165) is 0 Å². The summed E-state index contributed by atoms with van der Waals surface area (Å²) < 4.78 is 0. The van der Waals surface area contributed by atoms with Gasteiger partial charge in [-0.1, -0.05) is 46.5 Å². The summed E-state index contributed by atoms with van der Waals surface area (Å²) in [5, 5.41) is 0.746. The van der Waals surface area contributed by atoms with Gasteiger partial charge in [0.15, 0.2) is 0 Å². The highest BCUT2D eigenvalue weighted by Gasteiger charge is 2.61. The third-order valence-electron chi connectivity index (χ3n) is 5.15. The maximum atomic E-state index is 12.9. The summed E-state index contributed by atoms with van der Waals surface area (Å²) in [6.45, 7) is 4.10. The lowest BCUT2D eigenvalue weighted by atomic mass is 9.85. The number of imide groups is 1. The van der Waals surface area contributed by atoms with Crippen LogP contribution in [0.3, 0.4) is 0 Å². The molecule has 2 fully saturated rings. The highest BCUT2D eigenvalue weighted by Crippen LogP contribution is 2.57. The number of hydrogen-bond donors (Lipinski definition) is 0. The van der Waals surface area contributed by atoms with E-state index in [9.17, 15) is 9.59 Å². The molecule has 4 atom stereocenters. The van der Waals surface area contributed by atoms with Gasteiger partial charge in [0.2, 0.25) is 11.8 Å². The summed E-state index contributed by atoms with van der Waals surface area (Å²) in [5.41, 5.74) is 2.96. The molecule has 2 bridgehead atoms. The molecule has 23 heavy (non-hydrogen) atoms. The van der Waals surface area contributed by atoms with Gasteiger partial charge in [-0.05, 0) is 32.0 Å². The second kappa shape index (κ2) is 4.96. The van der Waals surface area contributed by atoms with Gasteiger partial charge < -0.3 is 0 Å². The van der Waals surface area contributed by atoms with Crippen LogP contribution in [0, 0.1) is 23.7 Å². The van der Waals surface area contributed by atoms with Crippen molar-refractivity contribution in [3.63, 3.8) is 0 Å². The average Bonchev–Trinajstić information content (AvgIpc) is 3.13. The van der Waals surface area contributed by atoms with Crippen LogP contribution in [0.5, 0.6) is 0 Å². The molecule has 3 aliphatic rings. The molecule has 4 rings (SSSR count). The molecule has 118 valence electrons. The third-order valence-corrected chi connectivity index (χ3v) is 5.89. The number of benzene rings is 1. The van der Waals surface area contributed by atoms with E-state index in [1.165, 1.54) is 16.0 Å². The summed E-state index contributed by atoms with van der Waals surface area (Å²) in [5.74, 6) is -0.713. The maximum absolute atomic E-state index is 12.9. The van der Waals surface area contributed by atoms with Crippen LogP contribution in [0.25, 0.3) is 0 Å². The molecule has 1 saturated heterocycles. The minimum absolute atomic E-state index is 0.0548. The van der Waals surface area contributed by atoms with Gasteiger partial charge in [-0.3, -0.25) is 9.59 Å². The van der Waals surface area contributed by atoms with E-state index in [0.29, 0.717) is 15.7 Å². The second-order valence-electron chi connectivity index (χ2n) is 6.55. The number of rotatable bonds is 1. The number of allylic oxidation sites excluding steroid dienone is 4. The van der Waals surface area contributed by atoms with Crippen LogP contribution in [0.1, 0.15) is 13.8 Å². The van der Waals surface area contributed by atoms with E-state index in [-0.39, 0.29) is 35.5 Å². The van der Waals surface area contributed by atoms with Crippen LogP contribution in [-0.2, 0) is 9.59 Å². The first-order chi connectivity index (χ1) is 10.9. The third kappa shape index (κ3) is 1.90. The Kier molecular flexibility index (Phi) is 3.23. The number of nitrogens with zero attached hydrogens (tertiary/aromatic N) is 1. The van der Waals surface area contributed by atoms with Gasteiger partial charge in [0.05, 0.1) is 27.6 Å². The normalized spacial score (nSPS) is 31.3. The Bertz CT molecular complexity index is 773. The van der Waals surface area contributed by atoms with Crippen molar-refractivity contribution < 1.29 is 9.59 Å². The summed E-state index contributed by atoms with van der Waals surface area (Å²) in [7, 11) is 0. The zero-order valence-electron chi connectivity index (χ0n) is 12.7. The van der Waals surface area contributed by atoms with Gasteiger partial charge in [0.1, 0.15) is 0 Å². The smallest absolute Gasteiger partial charge is 0.238 e. The Morgan fingerprint density at radius 3 is 2.00 bits per heavy atom. The molecule has 0 unspecified atom stereocenters. The van der Waals surface area contributed by atoms with Crippen molar-refractivity contribution in [1.82, 2.24) is 0 Å². The maximum Gasteiger partial charge on any atom is 0.238 e. The van der Waals surface area contributed by atoms with E-state index >= 15 is 0 Å². The summed E-state index contributed by atoms with van der Waals surface area (Å²) in [4.78, 5) is 27.1. The van der Waals surface area contributed by atoms with Gasteiger partial charge in [-0.2, -0.15) is 0 Å². The van der Waals surface area contributed by atoms with E-state index in [2.05, 4.69) is 26.0 Å². The number of amides is 2. The molecule has 0 radical (unpaired) electrons. The standard InChI is InChI=1S/C18H15Cl2NO2/c1-8(2)14-10-4-5-11(14)16-15(10)17(22)21(18(16)23)9-3-6-12(19)13(20)7-9/h3-7,10-11,15-16H,1-2H3/t10-,11-,15-,16-/m1/s1. The molecule has 2 amide bonds. The van der Waals surface area contributed by atoms with Crippen LogP contribution in [0.4, 0.5) is 5.69 Å². The van der Waals surface area contributed by atoms with E-state index in [1.54, 1.807) is 18.2 Å². The number of carbonyl (C=O) groups is 2. The fourth-order valence-corrected chi connectivity index (χ4v) is 4.60. The first kappa shape index (κ1) is 15.0. The fourth-order valence-electron chi connectivity index (χ4n) is 4.31. The van der Waals surface area contributed by atoms with Crippen LogP contribution in [0.15, 0.2) is 41.5 Å². The number of anilines is 1. The lowest BCUT2D eigenvalue weighted by Gasteiger charge is -2.19. The molecule has 1 aromatic carbocycles. The number of fused-ring (bicyclic) bond motifs is 5. The molecule has 1 aliphatic heterocycles. The van der Waals surface area contributed by atoms with Crippen molar-refractivity contribution in [3.05, 3.63) is 51.5 Å². The monoisotopic (exact) mass is 347 g/mol. The molecule has 2 aliphatic carbocycles. The van der Waals surface area contributed by atoms with Gasteiger partial charge in [-0.15, -0.1) is 0 Å². The minimum Gasteiger partial charge on any atom is -0.274 e. The second-order valence-corrected chi connectivity index (χ2v) is 7.37. The zero-order chi connectivity index (χ0) is 16.5. The molecule has 5 heteroatoms. The molecule has 0 N–H and O–H groups in total. The molecular weight excluding hydrogens is 333 g/mol. The Hall–Kier alpha value is -1.58. The van der Waals surface area contributed by atoms with Gasteiger partial charge >= 0.3 is 0 Å². The Labute approximate surface area is 144 Å². The molecule has 0 aromatic heterocycles. The topological polar surface area (TPSA) is 37.4 Å².